The van der Waals surface area contributed by atoms with E-state index in [-0.39, 0.29) is 11.9 Å². The summed E-state index contributed by atoms with van der Waals surface area (Å²) in [7, 11) is 4.28. The lowest BCUT2D eigenvalue weighted by Crippen LogP contribution is -2.36. The quantitative estimate of drug-likeness (QED) is 0.621. The van der Waals surface area contributed by atoms with Crippen LogP contribution in [0, 0.1) is 0 Å². The van der Waals surface area contributed by atoms with E-state index >= 15 is 0 Å². The van der Waals surface area contributed by atoms with Gasteiger partial charge >= 0.3 is 0 Å². The van der Waals surface area contributed by atoms with E-state index in [1.165, 1.54) is 18.2 Å². The summed E-state index contributed by atoms with van der Waals surface area (Å²) in [5.74, 6) is 0.995. The van der Waals surface area contributed by atoms with Crippen LogP contribution in [0.3, 0.4) is 0 Å². The van der Waals surface area contributed by atoms with Crippen molar-refractivity contribution in [3.8, 4) is 0 Å². The van der Waals surface area contributed by atoms with E-state index in [0.29, 0.717) is 29.4 Å². The molecule has 0 bridgehead atoms. The van der Waals surface area contributed by atoms with E-state index in [0.717, 1.165) is 31.7 Å². The van der Waals surface area contributed by atoms with Gasteiger partial charge in [0.15, 0.2) is 5.82 Å². The molecule has 4 rings (SSSR count). The zero-order chi connectivity index (χ0) is 22.7. The Kier molecular flexibility index (Phi) is 6.81. The number of aromatic nitrogens is 2. The Morgan fingerprint density at radius 2 is 1.94 bits per heavy atom. The molecule has 2 atom stereocenters. The van der Waals surface area contributed by atoms with Crippen LogP contribution < -0.4 is 20.4 Å². The second-order valence-corrected chi connectivity index (χ2v) is 8.94. The number of benzene rings is 1. The molecule has 2 aliphatic rings. The van der Waals surface area contributed by atoms with Crippen molar-refractivity contribution in [3.63, 3.8) is 0 Å². The molecule has 2 fully saturated rings. The molecule has 2 aliphatic heterocycles. The minimum absolute atomic E-state index is 0.0492. The van der Waals surface area contributed by atoms with E-state index < -0.39 is 0 Å². The molecule has 2 aromatic rings. The zero-order valence-corrected chi connectivity index (χ0v) is 19.3. The Morgan fingerprint density at radius 1 is 1.19 bits per heavy atom. The molecule has 8 nitrogen and oxygen atoms in total. The highest BCUT2D eigenvalue weighted by atomic mass is 35.5. The third-order valence-electron chi connectivity index (χ3n) is 6.13. The number of halogens is 1. The Morgan fingerprint density at radius 3 is 2.62 bits per heavy atom. The number of amides is 1. The topological polar surface area (TPSA) is 76.6 Å². The molecule has 0 aliphatic carbocycles. The maximum Gasteiger partial charge on any atom is 0.243 e. The first-order chi connectivity index (χ1) is 15.4. The van der Waals surface area contributed by atoms with Crippen LogP contribution in [0.2, 0.25) is 5.02 Å². The molecule has 0 saturated carbocycles. The predicted octanol–water partition coefficient (Wildman–Crippen LogP) is 2.89. The van der Waals surface area contributed by atoms with Crippen LogP contribution in [0.15, 0.2) is 43.1 Å². The lowest BCUT2D eigenvalue weighted by atomic mass is 10.2. The summed E-state index contributed by atoms with van der Waals surface area (Å²) >= 11 is 6.38. The number of anilines is 4. The van der Waals surface area contributed by atoms with Crippen molar-refractivity contribution in [3.05, 3.63) is 48.1 Å². The average Bonchev–Trinajstić information content (AvgIpc) is 3.46. The highest BCUT2D eigenvalue weighted by Gasteiger charge is 2.26. The number of nitrogens with one attached hydrogen (secondary N) is 2. The molecule has 0 unspecified atom stereocenters. The maximum absolute atomic E-state index is 11.6. The highest BCUT2D eigenvalue weighted by Crippen LogP contribution is 2.29. The summed E-state index contributed by atoms with van der Waals surface area (Å²) in [6.45, 7) is 7.03. The van der Waals surface area contributed by atoms with Crippen molar-refractivity contribution in [1.29, 1.82) is 0 Å². The monoisotopic (exact) mass is 455 g/mol. The van der Waals surface area contributed by atoms with Gasteiger partial charge in [0.05, 0.1) is 6.20 Å². The van der Waals surface area contributed by atoms with Gasteiger partial charge in [-0.3, -0.25) is 4.79 Å². The number of carbonyl (C=O) groups excluding carboxylic acids is 1. The SMILES string of the molecule is C=CC(=O)N[C@@H]1CCN(c2nc(Nc3ccc(N4CC[C@@H](N(C)C)C4)cc3)ncc2Cl)C1. The highest BCUT2D eigenvalue weighted by molar-refractivity contribution is 6.32. The first-order valence-electron chi connectivity index (χ1n) is 10.9. The van der Waals surface area contributed by atoms with Gasteiger partial charge in [-0.25, -0.2) is 4.98 Å². The van der Waals surface area contributed by atoms with Gasteiger partial charge in [-0.05, 0) is 57.3 Å². The summed E-state index contributed by atoms with van der Waals surface area (Å²) in [5, 5.41) is 6.70. The van der Waals surface area contributed by atoms with Crippen molar-refractivity contribution in [2.24, 2.45) is 0 Å². The molecule has 1 aromatic carbocycles. The van der Waals surface area contributed by atoms with Gasteiger partial charge in [-0.2, -0.15) is 4.98 Å². The van der Waals surface area contributed by atoms with Crippen LogP contribution in [-0.2, 0) is 4.79 Å². The summed E-state index contributed by atoms with van der Waals surface area (Å²) in [4.78, 5) is 27.3. The number of hydrogen-bond acceptors (Lipinski definition) is 7. The van der Waals surface area contributed by atoms with Crippen LogP contribution >= 0.6 is 11.6 Å². The Balaban J connectivity index is 1.40. The van der Waals surface area contributed by atoms with Crippen molar-refractivity contribution in [1.82, 2.24) is 20.2 Å². The number of rotatable bonds is 7. The predicted molar refractivity (Wildman–Crippen MR) is 130 cm³/mol. The van der Waals surface area contributed by atoms with Crippen molar-refractivity contribution < 1.29 is 4.79 Å². The third kappa shape index (κ3) is 5.14. The van der Waals surface area contributed by atoms with Crippen LogP contribution in [0.25, 0.3) is 0 Å². The molecule has 1 amide bonds. The maximum atomic E-state index is 11.6. The van der Waals surface area contributed by atoms with E-state index in [1.807, 2.05) is 12.1 Å². The van der Waals surface area contributed by atoms with E-state index in [1.54, 1.807) is 6.20 Å². The first kappa shape index (κ1) is 22.4. The van der Waals surface area contributed by atoms with Gasteiger partial charge in [0.2, 0.25) is 11.9 Å². The van der Waals surface area contributed by atoms with Gasteiger partial charge < -0.3 is 25.3 Å². The third-order valence-corrected chi connectivity index (χ3v) is 6.39. The lowest BCUT2D eigenvalue weighted by molar-refractivity contribution is -0.117. The van der Waals surface area contributed by atoms with Gasteiger partial charge in [-0.15, -0.1) is 0 Å². The van der Waals surface area contributed by atoms with Gasteiger partial charge in [0.1, 0.15) is 5.02 Å². The van der Waals surface area contributed by atoms with Crippen molar-refractivity contribution >= 4 is 40.6 Å². The molecule has 2 saturated heterocycles. The minimum Gasteiger partial charge on any atom is -0.370 e. The number of nitrogens with zero attached hydrogens (tertiary/aromatic N) is 5. The molecular formula is C23H30ClN7O. The molecule has 9 heteroatoms. The number of likely N-dealkylation sites (N-methyl/N-ethyl adjacent to an activating group) is 1. The van der Waals surface area contributed by atoms with Crippen LogP contribution in [0.5, 0.6) is 0 Å². The van der Waals surface area contributed by atoms with Gasteiger partial charge in [-0.1, -0.05) is 18.2 Å². The smallest absolute Gasteiger partial charge is 0.243 e. The molecule has 1 aromatic heterocycles. The normalized spacial score (nSPS) is 20.6. The molecule has 32 heavy (non-hydrogen) atoms. The van der Waals surface area contributed by atoms with Crippen LogP contribution in [-0.4, -0.2) is 73.1 Å². The van der Waals surface area contributed by atoms with Gasteiger partial charge in [0.25, 0.3) is 0 Å². The molecule has 0 spiro atoms. The second kappa shape index (κ2) is 9.75. The van der Waals surface area contributed by atoms with Crippen molar-refractivity contribution in [2.45, 2.75) is 24.9 Å². The largest absolute Gasteiger partial charge is 0.370 e. The summed E-state index contributed by atoms with van der Waals surface area (Å²) in [6.07, 6.45) is 4.91. The molecule has 2 N–H and O–H groups in total. The van der Waals surface area contributed by atoms with Crippen LogP contribution in [0.4, 0.5) is 23.1 Å². The number of hydrogen-bond donors (Lipinski definition) is 2. The summed E-state index contributed by atoms with van der Waals surface area (Å²) in [5.41, 5.74) is 2.14. The fourth-order valence-corrected chi connectivity index (χ4v) is 4.46. The Labute approximate surface area is 194 Å². The minimum atomic E-state index is -0.164. The Hall–Kier alpha value is -2.84. The standard InChI is InChI=1S/C23H30ClN7O/c1-4-21(32)26-17-9-11-31(14-17)22-20(24)13-25-23(28-22)27-16-5-7-18(8-6-16)30-12-10-19(15-30)29(2)3/h4-8,13,17,19H,1,9-12,14-15H2,2-3H3,(H,26,32)(H,25,27,28)/t17-,19-/m1/s1. The lowest BCUT2D eigenvalue weighted by Gasteiger charge is -2.22. The summed E-state index contributed by atoms with van der Waals surface area (Å²) < 4.78 is 0. The molecule has 3 heterocycles. The zero-order valence-electron chi connectivity index (χ0n) is 18.6. The summed E-state index contributed by atoms with van der Waals surface area (Å²) in [6, 6.07) is 9.01. The molecular weight excluding hydrogens is 426 g/mol. The fourth-order valence-electron chi connectivity index (χ4n) is 4.25. The molecule has 0 radical (unpaired) electrons. The van der Waals surface area contributed by atoms with E-state index in [9.17, 15) is 4.79 Å². The van der Waals surface area contributed by atoms with E-state index in [4.69, 9.17) is 11.6 Å². The van der Waals surface area contributed by atoms with Gasteiger partial charge in [0, 0.05) is 49.6 Å². The molecule has 170 valence electrons. The Bertz CT molecular complexity index is 965. The average molecular weight is 456 g/mol. The van der Waals surface area contributed by atoms with E-state index in [2.05, 4.69) is 68.1 Å². The van der Waals surface area contributed by atoms with Crippen LogP contribution in [0.1, 0.15) is 12.8 Å². The second-order valence-electron chi connectivity index (χ2n) is 8.53. The fraction of sp³-hybridized carbons (Fsp3) is 0.435. The van der Waals surface area contributed by atoms with Crippen molar-refractivity contribution in [2.75, 3.05) is 55.4 Å². The number of carbonyl (C=O) groups is 1. The first-order valence-corrected chi connectivity index (χ1v) is 11.3.